The van der Waals surface area contributed by atoms with Crippen molar-refractivity contribution >= 4 is 5.96 Å². The summed E-state index contributed by atoms with van der Waals surface area (Å²) in [6.07, 6.45) is 2.24. The van der Waals surface area contributed by atoms with Crippen LogP contribution in [0.4, 0.5) is 0 Å². The molecule has 0 bridgehead atoms. The van der Waals surface area contributed by atoms with Crippen molar-refractivity contribution in [2.75, 3.05) is 19.6 Å². The fraction of sp³-hybridized carbons (Fsp3) is 0.722. The highest BCUT2D eigenvalue weighted by Crippen LogP contribution is 2.23. The Morgan fingerprint density at radius 1 is 1.22 bits per heavy atom. The van der Waals surface area contributed by atoms with Gasteiger partial charge in [0.2, 0.25) is 0 Å². The summed E-state index contributed by atoms with van der Waals surface area (Å²) in [4.78, 5) is 4.49. The number of aliphatic imine (C=N–C) groups is 1. The molecule has 1 unspecified atom stereocenters. The Morgan fingerprint density at radius 2 is 1.91 bits per heavy atom. The lowest BCUT2D eigenvalue weighted by atomic mass is 9.91. The van der Waals surface area contributed by atoms with E-state index in [-0.39, 0.29) is 6.54 Å². The van der Waals surface area contributed by atoms with E-state index in [1.807, 2.05) is 19.9 Å². The van der Waals surface area contributed by atoms with Crippen LogP contribution in [0.2, 0.25) is 0 Å². The topological polar surface area (TPSA) is 69.8 Å². The average Bonchev–Trinajstić information content (AvgIpc) is 2.87. The highest BCUT2D eigenvalue weighted by molar-refractivity contribution is 5.79. The Kier molecular flexibility index (Phi) is 7.13. The summed E-state index contributed by atoms with van der Waals surface area (Å²) in [6.45, 7) is 14.2. The molecule has 0 aliphatic rings. The van der Waals surface area contributed by atoms with Gasteiger partial charge < -0.3 is 20.2 Å². The molecule has 1 aromatic rings. The monoisotopic (exact) mass is 323 g/mol. The van der Waals surface area contributed by atoms with E-state index >= 15 is 0 Å². The summed E-state index contributed by atoms with van der Waals surface area (Å²) in [5, 5.41) is 17.1. The van der Waals surface area contributed by atoms with E-state index < -0.39 is 5.60 Å². The Morgan fingerprint density at radius 3 is 2.43 bits per heavy atom. The third-order valence-electron chi connectivity index (χ3n) is 3.56. The van der Waals surface area contributed by atoms with Gasteiger partial charge >= 0.3 is 0 Å². The second-order valence-corrected chi connectivity index (χ2v) is 7.47. The smallest absolute Gasteiger partial charge is 0.191 e. The van der Waals surface area contributed by atoms with E-state index in [0.29, 0.717) is 11.2 Å². The van der Waals surface area contributed by atoms with Gasteiger partial charge in [0.15, 0.2) is 5.96 Å². The molecule has 0 radical (unpaired) electrons. The van der Waals surface area contributed by atoms with Gasteiger partial charge in [-0.1, -0.05) is 20.8 Å². The quantitative estimate of drug-likeness (QED) is 0.409. The van der Waals surface area contributed by atoms with Crippen molar-refractivity contribution in [1.29, 1.82) is 0 Å². The van der Waals surface area contributed by atoms with Gasteiger partial charge in [-0.25, -0.2) is 4.99 Å². The summed E-state index contributed by atoms with van der Waals surface area (Å²) in [7, 11) is 0. The van der Waals surface area contributed by atoms with Crippen molar-refractivity contribution in [2.45, 2.75) is 60.0 Å². The first-order valence-corrected chi connectivity index (χ1v) is 8.45. The Hall–Kier alpha value is -1.49. The maximum Gasteiger partial charge on any atom is 0.191 e. The molecule has 0 aromatic carbocycles. The standard InChI is InChI=1S/C18H33N3O2/c1-7-19-16(20-12-8-11-17(3,4)5)21-13-18(6,22)15-10-9-14(2)23-15/h9-10,22H,7-8,11-13H2,1-6H3,(H2,19,20,21). The summed E-state index contributed by atoms with van der Waals surface area (Å²) in [5.41, 5.74) is -0.764. The molecule has 5 nitrogen and oxygen atoms in total. The predicted molar refractivity (Wildman–Crippen MR) is 95.7 cm³/mol. The van der Waals surface area contributed by atoms with Crippen molar-refractivity contribution in [1.82, 2.24) is 10.6 Å². The summed E-state index contributed by atoms with van der Waals surface area (Å²) >= 11 is 0. The molecule has 1 aromatic heterocycles. The number of furan rings is 1. The van der Waals surface area contributed by atoms with Crippen molar-refractivity contribution in [2.24, 2.45) is 10.4 Å². The zero-order valence-corrected chi connectivity index (χ0v) is 15.5. The van der Waals surface area contributed by atoms with E-state index in [1.165, 1.54) is 0 Å². The van der Waals surface area contributed by atoms with Crippen LogP contribution in [0.1, 0.15) is 59.0 Å². The van der Waals surface area contributed by atoms with Crippen LogP contribution in [-0.2, 0) is 5.60 Å². The summed E-state index contributed by atoms with van der Waals surface area (Å²) < 4.78 is 5.52. The molecule has 0 amide bonds. The number of nitrogens with zero attached hydrogens (tertiary/aromatic N) is 1. The molecule has 132 valence electrons. The summed E-state index contributed by atoms with van der Waals surface area (Å²) in [6, 6.07) is 3.65. The number of hydrogen-bond donors (Lipinski definition) is 3. The Labute approximate surface area is 140 Å². The number of aliphatic hydroxyl groups is 1. The van der Waals surface area contributed by atoms with Crippen LogP contribution < -0.4 is 10.6 Å². The van der Waals surface area contributed by atoms with Crippen LogP contribution in [0.15, 0.2) is 21.5 Å². The zero-order valence-electron chi connectivity index (χ0n) is 15.5. The highest BCUT2D eigenvalue weighted by Gasteiger charge is 2.26. The van der Waals surface area contributed by atoms with Gasteiger partial charge in [-0.2, -0.15) is 0 Å². The van der Waals surface area contributed by atoms with Crippen LogP contribution >= 0.6 is 0 Å². The van der Waals surface area contributed by atoms with Gasteiger partial charge in [-0.05, 0) is 51.2 Å². The molecule has 0 fully saturated rings. The van der Waals surface area contributed by atoms with Crippen LogP contribution in [-0.4, -0.2) is 30.7 Å². The molecule has 0 saturated heterocycles. The Balaban J connectivity index is 2.57. The molecular weight excluding hydrogens is 290 g/mol. The third-order valence-corrected chi connectivity index (χ3v) is 3.56. The highest BCUT2D eigenvalue weighted by atomic mass is 16.4. The van der Waals surface area contributed by atoms with E-state index in [1.54, 1.807) is 13.0 Å². The number of nitrogens with one attached hydrogen (secondary N) is 2. The molecule has 5 heteroatoms. The maximum atomic E-state index is 10.5. The van der Waals surface area contributed by atoms with Crippen molar-refractivity contribution in [3.8, 4) is 0 Å². The normalized spacial score (nSPS) is 15.3. The lowest BCUT2D eigenvalue weighted by Gasteiger charge is -2.20. The SMILES string of the molecule is CCNC(=NCC(C)(O)c1ccc(C)o1)NCCCC(C)(C)C. The van der Waals surface area contributed by atoms with Gasteiger partial charge in [-0.15, -0.1) is 0 Å². The summed E-state index contributed by atoms with van der Waals surface area (Å²) in [5.74, 6) is 2.06. The van der Waals surface area contributed by atoms with Crippen molar-refractivity contribution in [3.63, 3.8) is 0 Å². The Bertz CT molecular complexity index is 499. The number of aryl methyl sites for hydroxylation is 1. The first-order valence-electron chi connectivity index (χ1n) is 8.45. The van der Waals surface area contributed by atoms with Gasteiger partial charge in [-0.3, -0.25) is 0 Å². The number of guanidine groups is 1. The lowest BCUT2D eigenvalue weighted by molar-refractivity contribution is 0.0428. The second-order valence-electron chi connectivity index (χ2n) is 7.47. The molecule has 1 heterocycles. The van der Waals surface area contributed by atoms with Gasteiger partial charge in [0.25, 0.3) is 0 Å². The number of rotatable bonds is 7. The number of hydrogen-bond acceptors (Lipinski definition) is 3. The van der Waals surface area contributed by atoms with E-state index in [9.17, 15) is 5.11 Å². The van der Waals surface area contributed by atoms with Gasteiger partial charge in [0.05, 0.1) is 6.54 Å². The minimum atomic E-state index is -1.11. The fourth-order valence-corrected chi connectivity index (χ4v) is 2.20. The largest absolute Gasteiger partial charge is 0.463 e. The zero-order chi connectivity index (χ0) is 17.5. The van der Waals surface area contributed by atoms with Crippen molar-refractivity contribution < 1.29 is 9.52 Å². The van der Waals surface area contributed by atoms with Crippen LogP contribution in [0.3, 0.4) is 0 Å². The van der Waals surface area contributed by atoms with E-state index in [4.69, 9.17) is 4.42 Å². The lowest BCUT2D eigenvalue weighted by Crippen LogP contribution is -2.39. The molecular formula is C18H33N3O2. The van der Waals surface area contributed by atoms with Gasteiger partial charge in [0.1, 0.15) is 17.1 Å². The first-order chi connectivity index (χ1) is 10.6. The molecule has 1 atom stereocenters. The van der Waals surface area contributed by atoms with Gasteiger partial charge in [0, 0.05) is 13.1 Å². The molecule has 0 aliphatic heterocycles. The molecule has 3 N–H and O–H groups in total. The molecule has 0 saturated carbocycles. The minimum Gasteiger partial charge on any atom is -0.463 e. The van der Waals surface area contributed by atoms with Crippen LogP contribution in [0.5, 0.6) is 0 Å². The molecule has 0 aliphatic carbocycles. The second kappa shape index (κ2) is 8.39. The first kappa shape index (κ1) is 19.6. The molecule has 0 spiro atoms. The minimum absolute atomic E-state index is 0.245. The molecule has 23 heavy (non-hydrogen) atoms. The van der Waals surface area contributed by atoms with Crippen LogP contribution in [0.25, 0.3) is 0 Å². The fourth-order valence-electron chi connectivity index (χ4n) is 2.20. The van der Waals surface area contributed by atoms with E-state index in [2.05, 4.69) is 36.4 Å². The molecule has 1 rings (SSSR count). The third kappa shape index (κ3) is 7.55. The predicted octanol–water partition coefficient (Wildman–Crippen LogP) is 3.18. The average molecular weight is 323 g/mol. The van der Waals surface area contributed by atoms with Crippen molar-refractivity contribution in [3.05, 3.63) is 23.7 Å². The van der Waals surface area contributed by atoms with Crippen LogP contribution in [0, 0.1) is 12.3 Å². The maximum absolute atomic E-state index is 10.5. The van der Waals surface area contributed by atoms with E-state index in [0.717, 1.165) is 37.7 Å².